The van der Waals surface area contributed by atoms with Gasteiger partial charge in [0.1, 0.15) is 0 Å². The fourth-order valence-electron chi connectivity index (χ4n) is 2.99. The lowest BCUT2D eigenvalue weighted by atomic mass is 9.72. The fourth-order valence-corrected chi connectivity index (χ4v) is 2.99. The normalized spacial score (nSPS) is 23.8. The van der Waals surface area contributed by atoms with Gasteiger partial charge in [0.25, 0.3) is 0 Å². The molecule has 0 amide bonds. The molecule has 2 fully saturated rings. The molecular weight excluding hydrogens is 212 g/mol. The maximum Gasteiger partial charge on any atom is 0.0901 e. The van der Waals surface area contributed by atoms with Crippen LogP contribution in [0.3, 0.4) is 0 Å². The molecule has 4 heteroatoms. The zero-order valence-corrected chi connectivity index (χ0v) is 10.4. The summed E-state index contributed by atoms with van der Waals surface area (Å²) in [5.74, 6) is 0.852. The largest absolute Gasteiger partial charge is 0.330 e. The Bertz CT molecular complexity index is 375. The average molecular weight is 234 g/mol. The monoisotopic (exact) mass is 234 g/mol. The molecule has 1 heterocycles. The van der Waals surface area contributed by atoms with Crippen molar-refractivity contribution in [3.05, 3.63) is 11.9 Å². The van der Waals surface area contributed by atoms with Gasteiger partial charge in [-0.1, -0.05) is 24.5 Å². The van der Waals surface area contributed by atoms with Crippen molar-refractivity contribution in [1.82, 2.24) is 15.0 Å². The molecule has 2 aliphatic rings. The molecule has 17 heavy (non-hydrogen) atoms. The van der Waals surface area contributed by atoms with Crippen LogP contribution < -0.4 is 5.73 Å². The number of hydrogen-bond donors (Lipinski definition) is 1. The molecule has 0 aliphatic heterocycles. The van der Waals surface area contributed by atoms with Gasteiger partial charge in [-0.25, -0.2) is 0 Å². The van der Waals surface area contributed by atoms with E-state index in [4.69, 9.17) is 5.73 Å². The Labute approximate surface area is 103 Å². The minimum absolute atomic E-state index is 0.125. The van der Waals surface area contributed by atoms with Gasteiger partial charge >= 0.3 is 0 Å². The van der Waals surface area contributed by atoms with Crippen molar-refractivity contribution in [1.29, 1.82) is 0 Å². The summed E-state index contributed by atoms with van der Waals surface area (Å²) in [4.78, 5) is 0. The van der Waals surface area contributed by atoms with Gasteiger partial charge in [0.2, 0.25) is 0 Å². The minimum atomic E-state index is 0.125. The molecule has 0 radical (unpaired) electrons. The van der Waals surface area contributed by atoms with Gasteiger partial charge in [-0.2, -0.15) is 0 Å². The third kappa shape index (κ3) is 2.23. The van der Waals surface area contributed by atoms with Crippen LogP contribution in [0.2, 0.25) is 0 Å². The maximum absolute atomic E-state index is 6.02. The Hall–Kier alpha value is -0.900. The third-order valence-corrected chi connectivity index (χ3v) is 4.43. The van der Waals surface area contributed by atoms with Crippen LogP contribution in [0.5, 0.6) is 0 Å². The zero-order valence-electron chi connectivity index (χ0n) is 10.4. The van der Waals surface area contributed by atoms with Gasteiger partial charge in [-0.15, -0.1) is 5.10 Å². The number of nitrogens with two attached hydrogens (primary N) is 1. The van der Waals surface area contributed by atoms with Crippen LogP contribution in [0.25, 0.3) is 0 Å². The molecule has 2 saturated carbocycles. The summed E-state index contributed by atoms with van der Waals surface area (Å²) < 4.78 is 2.03. The highest BCUT2D eigenvalue weighted by Crippen LogP contribution is 2.37. The Kier molecular flexibility index (Phi) is 2.90. The highest BCUT2D eigenvalue weighted by atomic mass is 15.4. The molecule has 0 unspecified atom stereocenters. The Morgan fingerprint density at radius 2 is 2.06 bits per heavy atom. The quantitative estimate of drug-likeness (QED) is 0.865. The second kappa shape index (κ2) is 4.41. The van der Waals surface area contributed by atoms with Crippen LogP contribution in [0.15, 0.2) is 6.20 Å². The number of rotatable bonds is 4. The van der Waals surface area contributed by atoms with E-state index in [2.05, 4.69) is 16.5 Å². The molecule has 0 spiro atoms. The van der Waals surface area contributed by atoms with Gasteiger partial charge in [0.05, 0.1) is 5.69 Å². The van der Waals surface area contributed by atoms with Crippen LogP contribution in [-0.4, -0.2) is 21.5 Å². The molecule has 2 N–H and O–H groups in total. The van der Waals surface area contributed by atoms with E-state index in [1.807, 2.05) is 4.68 Å². The fraction of sp³-hybridized carbons (Fsp3) is 0.846. The van der Waals surface area contributed by atoms with Gasteiger partial charge < -0.3 is 5.73 Å². The van der Waals surface area contributed by atoms with Gasteiger partial charge in [-0.3, -0.25) is 4.68 Å². The summed E-state index contributed by atoms with van der Waals surface area (Å²) in [5, 5.41) is 8.67. The van der Waals surface area contributed by atoms with E-state index in [1.54, 1.807) is 0 Å². The minimum Gasteiger partial charge on any atom is -0.330 e. The Morgan fingerprint density at radius 3 is 2.71 bits per heavy atom. The topological polar surface area (TPSA) is 56.7 Å². The molecule has 0 saturated heterocycles. The zero-order chi connectivity index (χ0) is 11.7. The van der Waals surface area contributed by atoms with Crippen LogP contribution in [-0.2, 0) is 12.0 Å². The molecule has 1 aromatic heterocycles. The standard InChI is InChI=1S/C13H22N4/c14-10-13(6-2-1-3-7-13)12-9-17(16-15-12)8-11-4-5-11/h9,11H,1-8,10,14H2. The maximum atomic E-state index is 6.02. The highest BCUT2D eigenvalue weighted by molar-refractivity contribution is 5.14. The lowest BCUT2D eigenvalue weighted by Crippen LogP contribution is -2.37. The Balaban J connectivity index is 1.77. The third-order valence-electron chi connectivity index (χ3n) is 4.43. The molecular formula is C13H22N4. The smallest absolute Gasteiger partial charge is 0.0901 e. The first-order valence-corrected chi connectivity index (χ1v) is 6.93. The Morgan fingerprint density at radius 1 is 1.29 bits per heavy atom. The predicted molar refractivity (Wildman–Crippen MR) is 66.6 cm³/mol. The number of aromatic nitrogens is 3. The summed E-state index contributed by atoms with van der Waals surface area (Å²) >= 11 is 0. The first-order valence-electron chi connectivity index (χ1n) is 6.93. The second-order valence-corrected chi connectivity index (χ2v) is 5.81. The van der Waals surface area contributed by atoms with E-state index in [9.17, 15) is 0 Å². The summed E-state index contributed by atoms with van der Waals surface area (Å²) in [5.41, 5.74) is 7.28. The lowest BCUT2D eigenvalue weighted by Gasteiger charge is -2.34. The van der Waals surface area contributed by atoms with Crippen molar-refractivity contribution in [3.8, 4) is 0 Å². The van der Waals surface area contributed by atoms with Crippen molar-refractivity contribution in [3.63, 3.8) is 0 Å². The molecule has 0 aromatic carbocycles. The van der Waals surface area contributed by atoms with Crippen LogP contribution >= 0.6 is 0 Å². The van der Waals surface area contributed by atoms with Crippen LogP contribution in [0, 0.1) is 5.92 Å². The van der Waals surface area contributed by atoms with E-state index >= 15 is 0 Å². The van der Waals surface area contributed by atoms with Gasteiger partial charge in [-0.05, 0) is 31.6 Å². The van der Waals surface area contributed by atoms with Crippen molar-refractivity contribution >= 4 is 0 Å². The van der Waals surface area contributed by atoms with Crippen LogP contribution in [0.4, 0.5) is 0 Å². The van der Waals surface area contributed by atoms with Gasteiger partial charge in [0.15, 0.2) is 0 Å². The molecule has 3 rings (SSSR count). The van der Waals surface area contributed by atoms with Crippen molar-refractivity contribution < 1.29 is 0 Å². The summed E-state index contributed by atoms with van der Waals surface area (Å²) in [6.45, 7) is 1.77. The van der Waals surface area contributed by atoms with Crippen molar-refractivity contribution in [2.24, 2.45) is 11.7 Å². The molecule has 0 atom stereocenters. The lowest BCUT2D eigenvalue weighted by molar-refractivity contribution is 0.293. The second-order valence-electron chi connectivity index (χ2n) is 5.81. The average Bonchev–Trinajstić information content (AvgIpc) is 3.06. The van der Waals surface area contributed by atoms with E-state index in [0.717, 1.165) is 24.7 Å². The van der Waals surface area contributed by atoms with Crippen molar-refractivity contribution in [2.45, 2.75) is 56.9 Å². The first-order chi connectivity index (χ1) is 8.32. The molecule has 1 aromatic rings. The first kappa shape index (κ1) is 11.2. The predicted octanol–water partition coefficient (Wildman–Crippen LogP) is 1.85. The molecule has 2 aliphatic carbocycles. The summed E-state index contributed by atoms with van der Waals surface area (Å²) in [6.07, 6.45) is 11.2. The number of hydrogen-bond acceptors (Lipinski definition) is 3. The van der Waals surface area contributed by atoms with E-state index in [-0.39, 0.29) is 5.41 Å². The highest BCUT2D eigenvalue weighted by Gasteiger charge is 2.35. The van der Waals surface area contributed by atoms with E-state index in [1.165, 1.54) is 44.9 Å². The molecule has 4 nitrogen and oxygen atoms in total. The summed E-state index contributed by atoms with van der Waals surface area (Å²) in [6, 6.07) is 0. The molecule has 0 bridgehead atoms. The SMILES string of the molecule is NCC1(c2cn(CC3CC3)nn2)CCCCC1. The summed E-state index contributed by atoms with van der Waals surface area (Å²) in [7, 11) is 0. The number of nitrogens with zero attached hydrogens (tertiary/aromatic N) is 3. The van der Waals surface area contributed by atoms with Gasteiger partial charge in [0, 0.05) is 24.7 Å². The van der Waals surface area contributed by atoms with E-state index < -0.39 is 0 Å². The molecule has 94 valence electrons. The van der Waals surface area contributed by atoms with E-state index in [0.29, 0.717) is 0 Å². The van der Waals surface area contributed by atoms with Crippen LogP contribution in [0.1, 0.15) is 50.6 Å². The van der Waals surface area contributed by atoms with Crippen molar-refractivity contribution in [2.75, 3.05) is 6.54 Å².